The fourth-order valence-corrected chi connectivity index (χ4v) is 2.37. The van der Waals surface area contributed by atoms with Crippen LogP contribution in [0.5, 0.6) is 0 Å². The number of carboxylic acid groups (broad SMARTS) is 1. The number of carbonyl (C=O) groups excluding carboxylic acids is 1. The number of likely N-dealkylation sites (tertiary alicyclic amines) is 1. The van der Waals surface area contributed by atoms with Gasteiger partial charge in [-0.3, -0.25) is 4.79 Å². The van der Waals surface area contributed by atoms with E-state index in [1.165, 1.54) is 4.90 Å². The van der Waals surface area contributed by atoms with Crippen molar-refractivity contribution in [2.75, 3.05) is 18.4 Å². The maximum Gasteiger partial charge on any atom is 0.321 e. The summed E-state index contributed by atoms with van der Waals surface area (Å²) in [5.41, 5.74) is -1.14. The van der Waals surface area contributed by atoms with E-state index in [-0.39, 0.29) is 12.2 Å². The number of carbonyl (C=O) groups is 2. The van der Waals surface area contributed by atoms with Crippen molar-refractivity contribution >= 4 is 17.7 Å². The van der Waals surface area contributed by atoms with E-state index >= 15 is 0 Å². The summed E-state index contributed by atoms with van der Waals surface area (Å²) in [5, 5.41) is 11.5. The molecule has 1 fully saturated rings. The SMILES string of the molecule is CC1(C(=O)O)CCCN(C(=O)Nc2ccc(F)cc2F)C1. The number of urea groups is 1. The zero-order valence-corrected chi connectivity index (χ0v) is 11.5. The molecular formula is C14H16F2N2O3. The van der Waals surface area contributed by atoms with E-state index in [9.17, 15) is 23.5 Å². The van der Waals surface area contributed by atoms with Crippen LogP contribution in [0.1, 0.15) is 19.8 Å². The zero-order chi connectivity index (χ0) is 15.6. The van der Waals surface area contributed by atoms with Gasteiger partial charge in [-0.15, -0.1) is 0 Å². The van der Waals surface area contributed by atoms with Gasteiger partial charge in [0, 0.05) is 19.2 Å². The Hall–Kier alpha value is -2.18. The van der Waals surface area contributed by atoms with Gasteiger partial charge in [0.25, 0.3) is 0 Å². The number of halogens is 2. The lowest BCUT2D eigenvalue weighted by atomic mass is 9.82. The third-order valence-corrected chi connectivity index (χ3v) is 3.67. The molecule has 1 heterocycles. The molecule has 0 aromatic heterocycles. The molecule has 2 rings (SSSR count). The number of nitrogens with zero attached hydrogens (tertiary/aromatic N) is 1. The minimum Gasteiger partial charge on any atom is -0.481 e. The molecule has 1 aromatic rings. The lowest BCUT2D eigenvalue weighted by molar-refractivity contribution is -0.150. The maximum atomic E-state index is 13.5. The highest BCUT2D eigenvalue weighted by molar-refractivity contribution is 5.90. The van der Waals surface area contributed by atoms with Crippen LogP contribution in [0.15, 0.2) is 18.2 Å². The van der Waals surface area contributed by atoms with Crippen molar-refractivity contribution in [3.63, 3.8) is 0 Å². The number of anilines is 1. The molecule has 0 aliphatic carbocycles. The summed E-state index contributed by atoms with van der Waals surface area (Å²) in [6.07, 6.45) is 1.04. The molecule has 0 radical (unpaired) electrons. The fourth-order valence-electron chi connectivity index (χ4n) is 2.37. The van der Waals surface area contributed by atoms with E-state index in [0.29, 0.717) is 25.5 Å². The summed E-state index contributed by atoms with van der Waals surface area (Å²) in [5.74, 6) is -2.57. The zero-order valence-electron chi connectivity index (χ0n) is 11.5. The number of amides is 2. The molecule has 1 aromatic carbocycles. The number of carboxylic acids is 1. The van der Waals surface area contributed by atoms with E-state index in [2.05, 4.69) is 5.32 Å². The summed E-state index contributed by atoms with van der Waals surface area (Å²) in [7, 11) is 0. The van der Waals surface area contributed by atoms with Gasteiger partial charge < -0.3 is 15.3 Å². The van der Waals surface area contributed by atoms with E-state index in [4.69, 9.17) is 0 Å². The monoisotopic (exact) mass is 298 g/mol. The van der Waals surface area contributed by atoms with Crippen molar-refractivity contribution in [1.29, 1.82) is 0 Å². The van der Waals surface area contributed by atoms with E-state index < -0.39 is 29.0 Å². The first-order chi connectivity index (χ1) is 9.82. The molecule has 2 N–H and O–H groups in total. The minimum atomic E-state index is -1.00. The highest BCUT2D eigenvalue weighted by Crippen LogP contribution is 2.30. The van der Waals surface area contributed by atoms with Crippen LogP contribution in [0.4, 0.5) is 19.3 Å². The van der Waals surface area contributed by atoms with E-state index in [1.807, 2.05) is 0 Å². The van der Waals surface area contributed by atoms with Gasteiger partial charge in [-0.2, -0.15) is 0 Å². The molecule has 1 aliphatic rings. The Morgan fingerprint density at radius 1 is 1.38 bits per heavy atom. The number of hydrogen-bond donors (Lipinski definition) is 2. The minimum absolute atomic E-state index is 0.0526. The molecule has 114 valence electrons. The van der Waals surface area contributed by atoms with Crippen LogP contribution in [-0.2, 0) is 4.79 Å². The number of nitrogens with one attached hydrogen (secondary N) is 1. The molecule has 5 nitrogen and oxygen atoms in total. The maximum absolute atomic E-state index is 13.5. The average Bonchev–Trinajstić information content (AvgIpc) is 2.41. The number of aliphatic carboxylic acids is 1. The molecule has 1 unspecified atom stereocenters. The standard InChI is InChI=1S/C14H16F2N2O3/c1-14(12(19)20)5-2-6-18(8-14)13(21)17-11-4-3-9(15)7-10(11)16/h3-4,7H,2,5-6,8H2,1H3,(H,17,21)(H,19,20). The normalized spacial score (nSPS) is 22.0. The van der Waals surface area contributed by atoms with Crippen molar-refractivity contribution < 1.29 is 23.5 Å². The van der Waals surface area contributed by atoms with Gasteiger partial charge >= 0.3 is 12.0 Å². The molecule has 0 saturated carbocycles. The fraction of sp³-hybridized carbons (Fsp3) is 0.429. The van der Waals surface area contributed by atoms with Gasteiger partial charge in [-0.25, -0.2) is 13.6 Å². The second kappa shape index (κ2) is 5.67. The predicted octanol–water partition coefficient (Wildman–Crippen LogP) is 2.68. The molecule has 7 heteroatoms. The van der Waals surface area contributed by atoms with Gasteiger partial charge in [0.05, 0.1) is 11.1 Å². The third-order valence-electron chi connectivity index (χ3n) is 3.67. The summed E-state index contributed by atoms with van der Waals surface area (Å²) < 4.78 is 26.3. The second-order valence-corrected chi connectivity index (χ2v) is 5.45. The molecule has 1 atom stereocenters. The molecular weight excluding hydrogens is 282 g/mol. The summed E-state index contributed by atoms with van der Waals surface area (Å²) in [6, 6.07) is 2.25. The number of piperidine rings is 1. The first-order valence-corrected chi connectivity index (χ1v) is 6.56. The Bertz CT molecular complexity index is 579. The lowest BCUT2D eigenvalue weighted by Crippen LogP contribution is -2.49. The first kappa shape index (κ1) is 15.2. The Morgan fingerprint density at radius 2 is 2.10 bits per heavy atom. The highest BCUT2D eigenvalue weighted by atomic mass is 19.1. The molecule has 21 heavy (non-hydrogen) atoms. The Balaban J connectivity index is 2.08. The summed E-state index contributed by atoms with van der Waals surface area (Å²) >= 11 is 0. The highest BCUT2D eigenvalue weighted by Gasteiger charge is 2.39. The topological polar surface area (TPSA) is 69.6 Å². The van der Waals surface area contributed by atoms with Crippen molar-refractivity contribution in [2.45, 2.75) is 19.8 Å². The van der Waals surface area contributed by atoms with Gasteiger partial charge in [-0.05, 0) is 31.9 Å². The van der Waals surface area contributed by atoms with Crippen LogP contribution >= 0.6 is 0 Å². The average molecular weight is 298 g/mol. The van der Waals surface area contributed by atoms with Gasteiger partial charge in [-0.1, -0.05) is 0 Å². The van der Waals surface area contributed by atoms with Crippen molar-refractivity contribution in [1.82, 2.24) is 4.90 Å². The number of rotatable bonds is 2. The molecule has 0 spiro atoms. The van der Waals surface area contributed by atoms with Crippen molar-refractivity contribution in [3.05, 3.63) is 29.8 Å². The van der Waals surface area contributed by atoms with Crippen LogP contribution in [0.3, 0.4) is 0 Å². The van der Waals surface area contributed by atoms with E-state index in [1.54, 1.807) is 6.92 Å². The smallest absolute Gasteiger partial charge is 0.321 e. The molecule has 0 bridgehead atoms. The van der Waals surface area contributed by atoms with Crippen molar-refractivity contribution in [3.8, 4) is 0 Å². The summed E-state index contributed by atoms with van der Waals surface area (Å²) in [4.78, 5) is 24.6. The molecule has 2 amide bonds. The molecule has 1 saturated heterocycles. The van der Waals surface area contributed by atoms with E-state index in [0.717, 1.165) is 12.1 Å². The quantitative estimate of drug-likeness (QED) is 0.882. The number of benzene rings is 1. The van der Waals surface area contributed by atoms with Crippen LogP contribution in [0, 0.1) is 17.0 Å². The van der Waals surface area contributed by atoms with Gasteiger partial charge in [0.1, 0.15) is 11.6 Å². The van der Waals surface area contributed by atoms with Gasteiger partial charge in [0.15, 0.2) is 0 Å². The van der Waals surface area contributed by atoms with Gasteiger partial charge in [0.2, 0.25) is 0 Å². The first-order valence-electron chi connectivity index (χ1n) is 6.56. The Kier molecular flexibility index (Phi) is 4.11. The second-order valence-electron chi connectivity index (χ2n) is 5.45. The van der Waals surface area contributed by atoms with Crippen molar-refractivity contribution in [2.24, 2.45) is 5.41 Å². The van der Waals surface area contributed by atoms with Crippen LogP contribution in [0.2, 0.25) is 0 Å². The van der Waals surface area contributed by atoms with Crippen LogP contribution in [0.25, 0.3) is 0 Å². The third kappa shape index (κ3) is 3.29. The largest absolute Gasteiger partial charge is 0.481 e. The molecule has 1 aliphatic heterocycles. The van der Waals surface area contributed by atoms with Crippen LogP contribution in [-0.4, -0.2) is 35.1 Å². The number of hydrogen-bond acceptors (Lipinski definition) is 2. The van der Waals surface area contributed by atoms with Crippen LogP contribution < -0.4 is 5.32 Å². The predicted molar refractivity (Wildman–Crippen MR) is 71.9 cm³/mol. The summed E-state index contributed by atoms with van der Waals surface area (Å²) in [6.45, 7) is 2.03. The Morgan fingerprint density at radius 3 is 2.71 bits per heavy atom. The lowest BCUT2D eigenvalue weighted by Gasteiger charge is -2.37. The Labute approximate surface area is 120 Å².